The Morgan fingerprint density at radius 2 is 1.25 bits per heavy atom. The summed E-state index contributed by atoms with van der Waals surface area (Å²) in [6.45, 7) is 0. The van der Waals surface area contributed by atoms with Crippen LogP contribution in [0.4, 0.5) is 4.70 Å². The van der Waals surface area contributed by atoms with Gasteiger partial charge in [-0.15, -0.1) is 0 Å². The Morgan fingerprint density at radius 3 is 1.25 bits per heavy atom. The van der Waals surface area contributed by atoms with Gasteiger partial charge in [0.15, 0.2) is 0 Å². The summed E-state index contributed by atoms with van der Waals surface area (Å²) in [6, 6.07) is 0. The first kappa shape index (κ1) is 24.9. The number of hydrogen-bond donors (Lipinski definition) is 0. The SMILES string of the molecule is F.[Ce].[H-].[K+].[Zr]. The van der Waals surface area contributed by atoms with Crippen LogP contribution in [0, 0.1) is 41.7 Å². The quantitative estimate of drug-likeness (QED) is 0.425. The van der Waals surface area contributed by atoms with E-state index in [1.807, 2.05) is 0 Å². The van der Waals surface area contributed by atoms with Crippen molar-refractivity contribution in [3.63, 3.8) is 0 Å². The molecule has 0 spiro atoms. The molecule has 0 rings (SSSR count). The van der Waals surface area contributed by atoms with Crippen LogP contribution in [-0.4, -0.2) is 0 Å². The van der Waals surface area contributed by atoms with Gasteiger partial charge in [-0.25, -0.2) is 0 Å². The molecule has 0 aromatic carbocycles. The molecule has 4 heavy (non-hydrogen) atoms. The van der Waals surface area contributed by atoms with Gasteiger partial charge >= 0.3 is 51.4 Å². The first-order valence-corrected chi connectivity index (χ1v) is 0. The summed E-state index contributed by atoms with van der Waals surface area (Å²) in [5.74, 6) is 0. The maximum atomic E-state index is 0. The van der Waals surface area contributed by atoms with Crippen molar-refractivity contribution in [1.82, 2.24) is 0 Å². The minimum atomic E-state index is 0. The Labute approximate surface area is 122 Å². The first-order valence-electron chi connectivity index (χ1n) is 0. The molecule has 0 aliphatic rings. The second-order valence-electron chi connectivity index (χ2n) is 0. The van der Waals surface area contributed by atoms with E-state index in [0.29, 0.717) is 0 Å². The molecule has 0 saturated carbocycles. The average Bonchev–Trinajstić information content (AvgIpc) is 0. The Morgan fingerprint density at radius 1 is 1.25 bits per heavy atom. The summed E-state index contributed by atoms with van der Waals surface area (Å²) in [4.78, 5) is 0. The van der Waals surface area contributed by atoms with E-state index in [1.54, 1.807) is 0 Å². The number of hydrogen-bond acceptors (Lipinski definition) is 0. The van der Waals surface area contributed by atoms with Gasteiger partial charge in [0, 0.05) is 68.0 Å². The zero-order valence-electron chi connectivity index (χ0n) is 3.41. The minimum absolute atomic E-state index is 0. The summed E-state index contributed by atoms with van der Waals surface area (Å²) in [5.41, 5.74) is 0. The van der Waals surface area contributed by atoms with Crippen molar-refractivity contribution in [2.75, 3.05) is 0 Å². The third-order valence-corrected chi connectivity index (χ3v) is 0. The van der Waals surface area contributed by atoms with Gasteiger partial charge in [0.05, 0.1) is 0 Å². The van der Waals surface area contributed by atoms with Gasteiger partial charge in [-0.3, -0.25) is 4.70 Å². The normalized spacial score (nSPS) is 0. The van der Waals surface area contributed by atoms with E-state index in [4.69, 9.17) is 0 Å². The molecular weight excluding hydrogens is 289 g/mol. The zero-order chi connectivity index (χ0) is 0. The van der Waals surface area contributed by atoms with E-state index < -0.39 is 0 Å². The van der Waals surface area contributed by atoms with Crippen molar-refractivity contribution < 1.29 is 125 Å². The van der Waals surface area contributed by atoms with Crippen LogP contribution in [0.15, 0.2) is 0 Å². The minimum Gasteiger partial charge on any atom is -1.00 e. The fourth-order valence-electron chi connectivity index (χ4n) is 0. The molecule has 0 nitrogen and oxygen atoms in total. The van der Waals surface area contributed by atoms with Gasteiger partial charge in [-0.05, 0) is 0 Å². The van der Waals surface area contributed by atoms with Crippen LogP contribution in [-0.2, 0) is 26.2 Å². The van der Waals surface area contributed by atoms with Gasteiger partial charge in [-0.2, -0.15) is 0 Å². The Kier molecular flexibility index (Phi) is 98.6. The van der Waals surface area contributed by atoms with E-state index in [0.717, 1.165) is 0 Å². The van der Waals surface area contributed by atoms with Crippen molar-refractivity contribution in [2.24, 2.45) is 0 Å². The first-order chi connectivity index (χ1) is 0. The predicted octanol–water partition coefficient (Wildman–Crippen LogP) is -2.73. The van der Waals surface area contributed by atoms with Gasteiger partial charge in [0.2, 0.25) is 0 Å². The molecule has 0 unspecified atom stereocenters. The second-order valence-corrected chi connectivity index (χ2v) is 0. The maximum absolute atomic E-state index is 0. The molecule has 0 heterocycles. The molecule has 0 radical (unpaired) electrons. The largest absolute Gasteiger partial charge is 1.00 e. The fraction of sp³-hybridized carbons (Fsp3) is 0. The second kappa shape index (κ2) is 15.8. The summed E-state index contributed by atoms with van der Waals surface area (Å²) in [5, 5.41) is 0. The summed E-state index contributed by atoms with van der Waals surface area (Å²) in [6.07, 6.45) is 0. The molecule has 0 aromatic heterocycles. The standard InChI is InChI=1S/Ce.FH.K.Zr.H/h;1H;;;/q;;+1;;-1. The molecule has 0 aliphatic carbocycles. The van der Waals surface area contributed by atoms with E-state index >= 15 is 0 Å². The van der Waals surface area contributed by atoms with Crippen molar-refractivity contribution in [1.29, 1.82) is 0 Å². The van der Waals surface area contributed by atoms with Crippen LogP contribution in [0.5, 0.6) is 0 Å². The Hall–Kier alpha value is 3.83. The summed E-state index contributed by atoms with van der Waals surface area (Å²) < 4.78 is 0. The third kappa shape index (κ3) is 9.27. The van der Waals surface area contributed by atoms with Crippen LogP contribution in [0.25, 0.3) is 0 Å². The molecule has 0 saturated heterocycles. The zero-order valence-corrected chi connectivity index (χ0v) is 11.1. The molecule has 0 atom stereocenters. The van der Waals surface area contributed by atoms with Crippen molar-refractivity contribution in [3.8, 4) is 0 Å². The monoisotopic (exact) mass is 290 g/mol. The predicted molar refractivity (Wildman–Crippen MR) is 3.62 cm³/mol. The van der Waals surface area contributed by atoms with E-state index in [2.05, 4.69) is 0 Å². The molecular formula is H2CeFKZr. The van der Waals surface area contributed by atoms with E-state index in [9.17, 15) is 0 Å². The molecule has 0 aromatic rings. The Bertz CT molecular complexity index is 11.6. The summed E-state index contributed by atoms with van der Waals surface area (Å²) in [7, 11) is 0. The fourth-order valence-corrected chi connectivity index (χ4v) is 0. The summed E-state index contributed by atoms with van der Waals surface area (Å²) >= 11 is 0. The van der Waals surface area contributed by atoms with Crippen LogP contribution in [0.3, 0.4) is 0 Å². The van der Waals surface area contributed by atoms with Crippen molar-refractivity contribution in [3.05, 3.63) is 0 Å². The Balaban J connectivity index is 0. The van der Waals surface area contributed by atoms with Crippen LogP contribution in [0.2, 0.25) is 0 Å². The smallest absolute Gasteiger partial charge is 1.00 e. The van der Waals surface area contributed by atoms with Crippen LogP contribution >= 0.6 is 0 Å². The molecule has 0 fully saturated rings. The topological polar surface area (TPSA) is 0 Å². The maximum Gasteiger partial charge on any atom is 1.00 e. The average molecular weight is 291 g/mol. The van der Waals surface area contributed by atoms with E-state index in [-0.39, 0.29) is 125 Å². The van der Waals surface area contributed by atoms with Crippen LogP contribution in [0.1, 0.15) is 1.43 Å². The molecule has 0 bridgehead atoms. The number of halogens is 1. The molecule has 18 valence electrons. The van der Waals surface area contributed by atoms with Gasteiger partial charge in [0.25, 0.3) is 0 Å². The van der Waals surface area contributed by atoms with Gasteiger partial charge in [0.1, 0.15) is 0 Å². The van der Waals surface area contributed by atoms with Crippen molar-refractivity contribution in [2.45, 2.75) is 0 Å². The van der Waals surface area contributed by atoms with Crippen molar-refractivity contribution >= 4 is 0 Å². The molecule has 0 amide bonds. The third-order valence-electron chi connectivity index (χ3n) is 0. The molecule has 0 aliphatic heterocycles. The van der Waals surface area contributed by atoms with E-state index in [1.165, 1.54) is 0 Å². The molecule has 0 N–H and O–H groups in total. The molecule has 4 heteroatoms. The van der Waals surface area contributed by atoms with Gasteiger partial charge < -0.3 is 1.43 Å². The number of rotatable bonds is 0. The van der Waals surface area contributed by atoms with Crippen LogP contribution < -0.4 is 51.4 Å². The van der Waals surface area contributed by atoms with Gasteiger partial charge in [-0.1, -0.05) is 0 Å².